The van der Waals surface area contributed by atoms with E-state index in [9.17, 15) is 13.6 Å². The van der Waals surface area contributed by atoms with E-state index >= 15 is 4.39 Å². The first-order valence-electron chi connectivity index (χ1n) is 10.4. The van der Waals surface area contributed by atoms with Crippen LogP contribution >= 0.6 is 0 Å². The minimum Gasteiger partial charge on any atom is -0.336 e. The number of amides is 1. The number of carbonyl (C=O) groups excluding carboxylic acids is 1. The molecule has 2 aromatic rings. The van der Waals surface area contributed by atoms with Crippen molar-refractivity contribution < 1.29 is 18.0 Å². The standard InChI is InChI=1S/C24H24F3NO/c1-14-20(26)13-28(23(29)24-10-15(11-24)12-24)21(14)9-17-5-3-7-19(22(17)27)16-4-2-6-18(25)8-16/h2-8,14-15,20-21H,9-13H2,1H3/t14-,15?,20-,21-,24?/m0/s1. The zero-order valence-corrected chi connectivity index (χ0v) is 16.4. The molecule has 2 aromatic carbocycles. The zero-order chi connectivity index (χ0) is 20.3. The van der Waals surface area contributed by atoms with Gasteiger partial charge in [0.15, 0.2) is 0 Å². The van der Waals surface area contributed by atoms with Crippen LogP contribution in [0.5, 0.6) is 0 Å². The van der Waals surface area contributed by atoms with Crippen molar-refractivity contribution in [3.8, 4) is 11.1 Å². The van der Waals surface area contributed by atoms with Crippen LogP contribution in [0.15, 0.2) is 42.5 Å². The Morgan fingerprint density at radius 1 is 1.14 bits per heavy atom. The van der Waals surface area contributed by atoms with Gasteiger partial charge in [-0.3, -0.25) is 4.79 Å². The molecule has 0 aromatic heterocycles. The van der Waals surface area contributed by atoms with Crippen LogP contribution in [-0.2, 0) is 11.2 Å². The SMILES string of the molecule is C[C@H]1[C@@H](F)CN(C(=O)C23CC(C2)C3)[C@H]1Cc1cccc(-c2cccc(F)c2)c1F. The monoisotopic (exact) mass is 399 g/mol. The second kappa shape index (κ2) is 6.61. The average Bonchev–Trinajstić information content (AvgIpc) is 2.89. The average molecular weight is 399 g/mol. The Morgan fingerprint density at radius 2 is 1.86 bits per heavy atom. The highest BCUT2D eigenvalue weighted by molar-refractivity contribution is 5.86. The molecule has 1 heterocycles. The molecular formula is C24H24F3NO. The Kier molecular flexibility index (Phi) is 4.27. The van der Waals surface area contributed by atoms with Crippen molar-refractivity contribution in [3.63, 3.8) is 0 Å². The molecule has 0 unspecified atom stereocenters. The molecule has 3 saturated carbocycles. The van der Waals surface area contributed by atoms with Gasteiger partial charge in [-0.1, -0.05) is 37.3 Å². The first kappa shape index (κ1) is 18.7. The largest absolute Gasteiger partial charge is 0.336 e. The van der Waals surface area contributed by atoms with Crippen molar-refractivity contribution in [1.82, 2.24) is 4.90 Å². The summed E-state index contributed by atoms with van der Waals surface area (Å²) < 4.78 is 43.5. The number of alkyl halides is 1. The third-order valence-corrected chi connectivity index (χ3v) is 7.35. The second-order valence-electron chi connectivity index (χ2n) is 9.15. The van der Waals surface area contributed by atoms with Crippen LogP contribution < -0.4 is 0 Å². The summed E-state index contributed by atoms with van der Waals surface area (Å²) in [5.41, 5.74) is 0.957. The Morgan fingerprint density at radius 3 is 2.52 bits per heavy atom. The normalized spacial score (nSPS) is 32.6. The van der Waals surface area contributed by atoms with E-state index < -0.39 is 17.8 Å². The van der Waals surface area contributed by atoms with E-state index in [1.807, 2.05) is 0 Å². The number of rotatable bonds is 4. The van der Waals surface area contributed by atoms with Crippen LogP contribution in [0.1, 0.15) is 31.7 Å². The smallest absolute Gasteiger partial charge is 0.229 e. The highest BCUT2D eigenvalue weighted by atomic mass is 19.1. The van der Waals surface area contributed by atoms with Crippen molar-refractivity contribution in [2.45, 2.75) is 44.8 Å². The Hall–Kier alpha value is -2.30. The van der Waals surface area contributed by atoms with Gasteiger partial charge in [0.1, 0.15) is 17.8 Å². The first-order chi connectivity index (χ1) is 13.9. The fourth-order valence-corrected chi connectivity index (χ4v) is 5.43. The molecule has 5 heteroatoms. The molecule has 0 N–H and O–H groups in total. The third kappa shape index (κ3) is 2.89. The maximum atomic E-state index is 15.3. The fraction of sp³-hybridized carbons (Fsp3) is 0.458. The van der Waals surface area contributed by atoms with Crippen LogP contribution in [0.2, 0.25) is 0 Å². The lowest BCUT2D eigenvalue weighted by Gasteiger charge is -2.61. The summed E-state index contributed by atoms with van der Waals surface area (Å²) in [7, 11) is 0. The number of carbonyl (C=O) groups is 1. The summed E-state index contributed by atoms with van der Waals surface area (Å²) in [4.78, 5) is 14.8. The zero-order valence-electron chi connectivity index (χ0n) is 16.4. The van der Waals surface area contributed by atoms with E-state index in [1.165, 1.54) is 12.1 Å². The van der Waals surface area contributed by atoms with E-state index in [0.29, 0.717) is 22.6 Å². The van der Waals surface area contributed by atoms with Crippen LogP contribution in [0.4, 0.5) is 13.2 Å². The lowest BCUT2D eigenvalue weighted by molar-refractivity contribution is -0.178. The van der Waals surface area contributed by atoms with Crippen molar-refractivity contribution >= 4 is 5.91 Å². The number of hydrogen-bond donors (Lipinski definition) is 0. The van der Waals surface area contributed by atoms with E-state index in [1.54, 1.807) is 42.2 Å². The Bertz CT molecular complexity index is 957. The van der Waals surface area contributed by atoms with Crippen molar-refractivity contribution in [1.29, 1.82) is 0 Å². The van der Waals surface area contributed by atoms with Crippen molar-refractivity contribution in [2.24, 2.45) is 17.3 Å². The molecule has 4 fully saturated rings. The van der Waals surface area contributed by atoms with E-state index in [2.05, 4.69) is 0 Å². The van der Waals surface area contributed by atoms with Crippen molar-refractivity contribution in [3.05, 3.63) is 59.7 Å². The molecule has 2 bridgehead atoms. The van der Waals surface area contributed by atoms with Gasteiger partial charge in [-0.05, 0) is 54.9 Å². The topological polar surface area (TPSA) is 20.3 Å². The van der Waals surface area contributed by atoms with Gasteiger partial charge in [0, 0.05) is 17.5 Å². The molecule has 0 spiro atoms. The summed E-state index contributed by atoms with van der Waals surface area (Å²) in [5.74, 6) is -0.473. The van der Waals surface area contributed by atoms with Gasteiger partial charge in [0.05, 0.1) is 12.0 Å². The van der Waals surface area contributed by atoms with Crippen LogP contribution in [-0.4, -0.2) is 29.6 Å². The molecule has 2 nitrogen and oxygen atoms in total. The molecule has 1 amide bonds. The molecule has 4 aliphatic rings. The van der Waals surface area contributed by atoms with Gasteiger partial charge in [-0.25, -0.2) is 13.2 Å². The van der Waals surface area contributed by atoms with Crippen LogP contribution in [0.3, 0.4) is 0 Å². The maximum absolute atomic E-state index is 15.3. The summed E-state index contributed by atoms with van der Waals surface area (Å²) in [6.45, 7) is 1.90. The molecule has 6 rings (SSSR count). The minimum atomic E-state index is -1.09. The number of halogens is 3. The van der Waals surface area contributed by atoms with E-state index in [-0.39, 0.29) is 36.2 Å². The van der Waals surface area contributed by atoms with Crippen LogP contribution in [0.25, 0.3) is 11.1 Å². The number of nitrogens with zero attached hydrogens (tertiary/aromatic N) is 1. The molecule has 0 radical (unpaired) electrons. The summed E-state index contributed by atoms with van der Waals surface area (Å²) in [6.07, 6.45) is 1.94. The van der Waals surface area contributed by atoms with E-state index in [0.717, 1.165) is 19.3 Å². The number of benzene rings is 2. The number of hydrogen-bond acceptors (Lipinski definition) is 1. The summed E-state index contributed by atoms with van der Waals surface area (Å²) in [5, 5.41) is 0. The maximum Gasteiger partial charge on any atom is 0.229 e. The van der Waals surface area contributed by atoms with Gasteiger partial charge in [0.2, 0.25) is 5.91 Å². The van der Waals surface area contributed by atoms with Crippen molar-refractivity contribution in [2.75, 3.05) is 6.54 Å². The molecule has 152 valence electrons. The predicted octanol–water partition coefficient (Wildman–Crippen LogP) is 5.16. The van der Waals surface area contributed by atoms with Crippen LogP contribution in [0, 0.1) is 28.9 Å². The van der Waals surface area contributed by atoms with Gasteiger partial charge in [-0.15, -0.1) is 0 Å². The highest BCUT2D eigenvalue weighted by Crippen LogP contribution is 2.65. The molecule has 3 aliphatic carbocycles. The second-order valence-corrected chi connectivity index (χ2v) is 9.15. The van der Waals surface area contributed by atoms with Gasteiger partial charge < -0.3 is 4.90 Å². The molecular weight excluding hydrogens is 375 g/mol. The molecule has 29 heavy (non-hydrogen) atoms. The minimum absolute atomic E-state index is 0.0543. The van der Waals surface area contributed by atoms with Gasteiger partial charge in [-0.2, -0.15) is 0 Å². The molecule has 1 saturated heterocycles. The Labute approximate surface area is 168 Å². The summed E-state index contributed by atoms with van der Waals surface area (Å²) in [6, 6.07) is 10.5. The quantitative estimate of drug-likeness (QED) is 0.696. The van der Waals surface area contributed by atoms with Gasteiger partial charge >= 0.3 is 0 Å². The lowest BCUT2D eigenvalue weighted by atomic mass is 9.44. The summed E-state index contributed by atoms with van der Waals surface area (Å²) >= 11 is 0. The molecule has 1 aliphatic heterocycles. The molecule has 3 atom stereocenters. The lowest BCUT2D eigenvalue weighted by Crippen LogP contribution is -2.62. The first-order valence-corrected chi connectivity index (χ1v) is 10.4. The Balaban J connectivity index is 1.43. The third-order valence-electron chi connectivity index (χ3n) is 7.35. The van der Waals surface area contributed by atoms with Gasteiger partial charge in [0.25, 0.3) is 0 Å². The predicted molar refractivity (Wildman–Crippen MR) is 105 cm³/mol. The number of likely N-dealkylation sites (tertiary alicyclic amines) is 1. The van der Waals surface area contributed by atoms with E-state index in [4.69, 9.17) is 0 Å². The fourth-order valence-electron chi connectivity index (χ4n) is 5.43. The highest BCUT2D eigenvalue weighted by Gasteiger charge is 2.63.